The zero-order valence-electron chi connectivity index (χ0n) is 14.0. The summed E-state index contributed by atoms with van der Waals surface area (Å²) in [5.74, 6) is 0.580. The third kappa shape index (κ3) is 4.47. The largest absolute Gasteiger partial charge is 0.493 e. The molecular weight excluding hydrogens is 316 g/mol. The van der Waals surface area contributed by atoms with Crippen LogP contribution in [0.5, 0.6) is 5.75 Å². The SMILES string of the molecule is Cc1ccc2[nH]c(=O)c(CNC(=O)CCOc3ccccc3)cc2c1. The fourth-order valence-electron chi connectivity index (χ4n) is 2.56. The molecule has 0 fully saturated rings. The molecule has 1 aromatic heterocycles. The van der Waals surface area contributed by atoms with Crippen molar-refractivity contribution in [2.45, 2.75) is 19.9 Å². The number of fused-ring (bicyclic) bond motifs is 1. The van der Waals surface area contributed by atoms with Gasteiger partial charge in [0.05, 0.1) is 13.0 Å². The van der Waals surface area contributed by atoms with Crippen LogP contribution >= 0.6 is 0 Å². The van der Waals surface area contributed by atoms with Crippen molar-refractivity contribution >= 4 is 16.8 Å². The van der Waals surface area contributed by atoms with Crippen LogP contribution in [0.2, 0.25) is 0 Å². The average molecular weight is 336 g/mol. The predicted molar refractivity (Wildman–Crippen MR) is 97.7 cm³/mol. The van der Waals surface area contributed by atoms with E-state index in [1.165, 1.54) is 0 Å². The first-order valence-corrected chi connectivity index (χ1v) is 8.19. The molecule has 0 spiro atoms. The Labute approximate surface area is 145 Å². The van der Waals surface area contributed by atoms with Crippen LogP contribution in [0.25, 0.3) is 10.9 Å². The topological polar surface area (TPSA) is 71.2 Å². The van der Waals surface area contributed by atoms with E-state index in [4.69, 9.17) is 4.74 Å². The molecule has 0 bridgehead atoms. The van der Waals surface area contributed by atoms with E-state index in [2.05, 4.69) is 10.3 Å². The average Bonchev–Trinajstić information content (AvgIpc) is 2.61. The normalized spacial score (nSPS) is 10.6. The first kappa shape index (κ1) is 16.8. The number of carbonyl (C=O) groups is 1. The van der Waals surface area contributed by atoms with E-state index in [0.717, 1.165) is 22.2 Å². The van der Waals surface area contributed by atoms with Gasteiger partial charge in [0.25, 0.3) is 5.56 Å². The molecule has 3 aromatic rings. The Hall–Kier alpha value is -3.08. The molecule has 0 aliphatic heterocycles. The second kappa shape index (κ2) is 7.66. The highest BCUT2D eigenvalue weighted by atomic mass is 16.5. The second-order valence-electron chi connectivity index (χ2n) is 5.90. The van der Waals surface area contributed by atoms with Gasteiger partial charge >= 0.3 is 0 Å². The number of benzene rings is 2. The van der Waals surface area contributed by atoms with Crippen LogP contribution in [0.15, 0.2) is 59.4 Å². The summed E-state index contributed by atoms with van der Waals surface area (Å²) < 4.78 is 5.49. The molecule has 0 atom stereocenters. The number of aromatic nitrogens is 1. The van der Waals surface area contributed by atoms with Gasteiger partial charge < -0.3 is 15.0 Å². The maximum atomic E-state index is 12.1. The number of para-hydroxylation sites is 1. The molecule has 0 aliphatic rings. The van der Waals surface area contributed by atoms with Crippen molar-refractivity contribution in [2.75, 3.05) is 6.61 Å². The molecule has 25 heavy (non-hydrogen) atoms. The Morgan fingerprint density at radius 3 is 2.72 bits per heavy atom. The van der Waals surface area contributed by atoms with Crippen LogP contribution in [0, 0.1) is 6.92 Å². The number of nitrogens with one attached hydrogen (secondary N) is 2. The maximum absolute atomic E-state index is 12.1. The number of H-pyrrole nitrogens is 1. The highest BCUT2D eigenvalue weighted by Gasteiger charge is 2.06. The fraction of sp³-hybridized carbons (Fsp3) is 0.200. The first-order valence-electron chi connectivity index (χ1n) is 8.19. The van der Waals surface area contributed by atoms with Crippen molar-refractivity contribution in [3.8, 4) is 5.75 Å². The molecule has 2 N–H and O–H groups in total. The highest BCUT2D eigenvalue weighted by molar-refractivity contribution is 5.80. The van der Waals surface area contributed by atoms with Crippen molar-refractivity contribution in [3.63, 3.8) is 0 Å². The molecule has 0 saturated heterocycles. The van der Waals surface area contributed by atoms with E-state index < -0.39 is 0 Å². The molecule has 0 aliphatic carbocycles. The Balaban J connectivity index is 1.55. The molecule has 3 rings (SSSR count). The van der Waals surface area contributed by atoms with Gasteiger partial charge in [-0.1, -0.05) is 29.8 Å². The number of hydrogen-bond acceptors (Lipinski definition) is 3. The van der Waals surface area contributed by atoms with Crippen LogP contribution in [-0.2, 0) is 11.3 Å². The summed E-state index contributed by atoms with van der Waals surface area (Å²) in [6.45, 7) is 2.49. The first-order chi connectivity index (χ1) is 12.1. The lowest BCUT2D eigenvalue weighted by Gasteiger charge is -2.08. The number of pyridine rings is 1. The minimum atomic E-state index is -0.183. The number of hydrogen-bond donors (Lipinski definition) is 2. The summed E-state index contributed by atoms with van der Waals surface area (Å²) in [7, 11) is 0. The van der Waals surface area contributed by atoms with E-state index >= 15 is 0 Å². The third-order valence-electron chi connectivity index (χ3n) is 3.89. The number of carbonyl (C=O) groups excluding carboxylic acids is 1. The van der Waals surface area contributed by atoms with E-state index in [9.17, 15) is 9.59 Å². The molecule has 5 nitrogen and oxygen atoms in total. The molecule has 1 amide bonds. The monoisotopic (exact) mass is 336 g/mol. The fourth-order valence-corrected chi connectivity index (χ4v) is 2.56. The van der Waals surface area contributed by atoms with Crippen LogP contribution < -0.4 is 15.6 Å². The molecule has 0 unspecified atom stereocenters. The van der Waals surface area contributed by atoms with Gasteiger partial charge in [-0.05, 0) is 42.6 Å². The zero-order chi connectivity index (χ0) is 17.6. The number of ether oxygens (including phenoxy) is 1. The minimum Gasteiger partial charge on any atom is -0.493 e. The number of aromatic amines is 1. The smallest absolute Gasteiger partial charge is 0.253 e. The quantitative estimate of drug-likeness (QED) is 0.727. The summed E-state index contributed by atoms with van der Waals surface area (Å²) in [5.41, 5.74) is 2.27. The zero-order valence-corrected chi connectivity index (χ0v) is 14.0. The molecular formula is C20H20N2O3. The molecule has 5 heteroatoms. The van der Waals surface area contributed by atoms with Gasteiger partial charge in [-0.2, -0.15) is 0 Å². The molecule has 128 valence electrons. The number of aryl methyl sites for hydroxylation is 1. The molecule has 0 saturated carbocycles. The standard InChI is InChI=1S/C20H20N2O3/c1-14-7-8-18-15(11-14)12-16(20(24)22-18)13-21-19(23)9-10-25-17-5-3-2-4-6-17/h2-8,11-12H,9-10,13H2,1H3,(H,21,23)(H,22,24). The summed E-state index contributed by atoms with van der Waals surface area (Å²) in [6, 6.07) is 17.0. The van der Waals surface area contributed by atoms with Gasteiger partial charge in [0, 0.05) is 17.6 Å². The minimum absolute atomic E-state index is 0.153. The lowest BCUT2D eigenvalue weighted by molar-refractivity contribution is -0.121. The molecule has 1 heterocycles. The Morgan fingerprint density at radius 1 is 1.12 bits per heavy atom. The lowest BCUT2D eigenvalue weighted by Crippen LogP contribution is -2.27. The van der Waals surface area contributed by atoms with E-state index in [1.54, 1.807) is 0 Å². The van der Waals surface area contributed by atoms with Gasteiger partial charge in [-0.3, -0.25) is 9.59 Å². The molecule has 0 radical (unpaired) electrons. The van der Waals surface area contributed by atoms with Crippen molar-refractivity contribution in [1.29, 1.82) is 0 Å². The summed E-state index contributed by atoms with van der Waals surface area (Å²) in [6.07, 6.45) is 0.236. The van der Waals surface area contributed by atoms with Crippen LogP contribution in [-0.4, -0.2) is 17.5 Å². The van der Waals surface area contributed by atoms with Crippen molar-refractivity contribution < 1.29 is 9.53 Å². The number of amides is 1. The molecule has 2 aromatic carbocycles. The summed E-state index contributed by atoms with van der Waals surface area (Å²) >= 11 is 0. The Morgan fingerprint density at radius 2 is 1.92 bits per heavy atom. The van der Waals surface area contributed by atoms with Crippen LogP contribution in [0.4, 0.5) is 0 Å². The third-order valence-corrected chi connectivity index (χ3v) is 3.89. The number of rotatable bonds is 6. The predicted octanol–water partition coefficient (Wildman–Crippen LogP) is 2.92. The van der Waals surface area contributed by atoms with Crippen molar-refractivity contribution in [2.24, 2.45) is 0 Å². The van der Waals surface area contributed by atoms with E-state index in [0.29, 0.717) is 12.2 Å². The van der Waals surface area contributed by atoms with Gasteiger partial charge in [-0.25, -0.2) is 0 Å². The van der Waals surface area contributed by atoms with Crippen LogP contribution in [0.3, 0.4) is 0 Å². The highest BCUT2D eigenvalue weighted by Crippen LogP contribution is 2.13. The van der Waals surface area contributed by atoms with E-state index in [1.807, 2.05) is 61.5 Å². The summed E-state index contributed by atoms with van der Waals surface area (Å²) in [5, 5.41) is 3.72. The van der Waals surface area contributed by atoms with Crippen LogP contribution in [0.1, 0.15) is 17.5 Å². The second-order valence-corrected chi connectivity index (χ2v) is 5.90. The maximum Gasteiger partial charge on any atom is 0.253 e. The van der Waals surface area contributed by atoms with Crippen molar-refractivity contribution in [1.82, 2.24) is 10.3 Å². The Kier molecular flexibility index (Phi) is 5.14. The Bertz CT molecular complexity index is 933. The van der Waals surface area contributed by atoms with Gasteiger partial charge in [0.15, 0.2) is 0 Å². The van der Waals surface area contributed by atoms with Crippen molar-refractivity contribution in [3.05, 3.63) is 76.1 Å². The van der Waals surface area contributed by atoms with Gasteiger partial charge in [-0.15, -0.1) is 0 Å². The summed E-state index contributed by atoms with van der Waals surface area (Å²) in [4.78, 5) is 26.9. The van der Waals surface area contributed by atoms with E-state index in [-0.39, 0.29) is 24.4 Å². The lowest BCUT2D eigenvalue weighted by atomic mass is 10.1. The van der Waals surface area contributed by atoms with Gasteiger partial charge in [0.1, 0.15) is 5.75 Å². The van der Waals surface area contributed by atoms with Gasteiger partial charge in [0.2, 0.25) is 5.91 Å².